The predicted octanol–water partition coefficient (Wildman–Crippen LogP) is 3.12. The molecule has 2 aliphatic rings. The molecule has 4 aromatic heterocycles. The summed E-state index contributed by atoms with van der Waals surface area (Å²) in [5, 5.41) is 14.5. The molecule has 1 fully saturated rings. The lowest BCUT2D eigenvalue weighted by molar-refractivity contribution is -0.159. The van der Waals surface area contributed by atoms with E-state index in [1.165, 1.54) is 12.4 Å². The van der Waals surface area contributed by atoms with E-state index in [1.807, 2.05) is 0 Å². The van der Waals surface area contributed by atoms with Gasteiger partial charge in [0.05, 0.1) is 42.5 Å². The van der Waals surface area contributed by atoms with Gasteiger partial charge in [-0.2, -0.15) is 28.5 Å². The highest BCUT2D eigenvalue weighted by atomic mass is 35.5. The number of hydrogen-bond acceptors (Lipinski definition) is 7. The topological polar surface area (TPSA) is 112 Å². The summed E-state index contributed by atoms with van der Waals surface area (Å²) in [7, 11) is 0. The number of halogens is 4. The zero-order valence-electron chi connectivity index (χ0n) is 17.1. The largest absolute Gasteiger partial charge is 0.420 e. The van der Waals surface area contributed by atoms with Crippen LogP contribution in [0.3, 0.4) is 0 Å². The minimum atomic E-state index is -4.74. The first kappa shape index (κ1) is 21.0. The van der Waals surface area contributed by atoms with Crippen LogP contribution in [0.15, 0.2) is 36.9 Å². The van der Waals surface area contributed by atoms with Crippen LogP contribution in [0.4, 0.5) is 18.9 Å². The number of pyridine rings is 1. The van der Waals surface area contributed by atoms with E-state index in [-0.39, 0.29) is 10.8 Å². The van der Waals surface area contributed by atoms with Gasteiger partial charge in [-0.25, -0.2) is 14.5 Å². The standard InChI is InChI=1S/C20H14ClF3N8O2/c21-14-6-15-25-9-12-11(7-19(1-4-34-19)16(12)31(15)30-14)18(33)29-10-5-13(20(22,23)24)17(26-8-10)32-27-2-3-28-32/h2-3,5-6,8-9,11H,1,4,7H2,(H,29,33)/t11-,19+/m0/s1. The number of nitrogens with zero attached hydrogens (tertiary/aromatic N) is 7. The van der Waals surface area contributed by atoms with Crippen molar-refractivity contribution in [3.8, 4) is 5.82 Å². The molecule has 34 heavy (non-hydrogen) atoms. The number of carbonyl (C=O) groups is 1. The van der Waals surface area contributed by atoms with E-state index in [2.05, 4.69) is 30.6 Å². The average molecular weight is 491 g/mol. The van der Waals surface area contributed by atoms with Crippen molar-refractivity contribution in [3.63, 3.8) is 0 Å². The molecule has 10 nitrogen and oxygen atoms in total. The minimum Gasteiger partial charge on any atom is -0.368 e. The van der Waals surface area contributed by atoms with Gasteiger partial charge in [-0.15, -0.1) is 4.80 Å². The number of carbonyl (C=O) groups excluding carboxylic acids is 1. The molecule has 1 aliphatic heterocycles. The van der Waals surface area contributed by atoms with Gasteiger partial charge in [-0.05, 0) is 12.5 Å². The highest BCUT2D eigenvalue weighted by Crippen LogP contribution is 2.53. The van der Waals surface area contributed by atoms with Gasteiger partial charge in [0.2, 0.25) is 5.91 Å². The Morgan fingerprint density at radius 3 is 2.65 bits per heavy atom. The molecule has 0 aromatic carbocycles. The summed E-state index contributed by atoms with van der Waals surface area (Å²) in [4.78, 5) is 22.2. The van der Waals surface area contributed by atoms with Crippen LogP contribution in [0.2, 0.25) is 5.15 Å². The Hall–Kier alpha value is -3.58. The number of anilines is 1. The van der Waals surface area contributed by atoms with E-state index in [9.17, 15) is 18.0 Å². The number of amides is 1. The van der Waals surface area contributed by atoms with Gasteiger partial charge in [0.25, 0.3) is 0 Å². The maximum atomic E-state index is 13.7. The molecule has 4 aromatic rings. The summed E-state index contributed by atoms with van der Waals surface area (Å²) in [6.07, 6.45) is 1.42. The summed E-state index contributed by atoms with van der Waals surface area (Å²) in [6, 6.07) is 2.41. The molecule has 5 heterocycles. The van der Waals surface area contributed by atoms with Crippen molar-refractivity contribution in [1.29, 1.82) is 0 Å². The molecular formula is C20H14ClF3N8O2. The van der Waals surface area contributed by atoms with Crippen molar-refractivity contribution < 1.29 is 22.7 Å². The fraction of sp³-hybridized carbons (Fsp3) is 0.300. The summed E-state index contributed by atoms with van der Waals surface area (Å²) in [5.41, 5.74) is -0.126. The number of nitrogens with one attached hydrogen (secondary N) is 1. The van der Waals surface area contributed by atoms with Gasteiger partial charge in [-0.3, -0.25) is 4.79 Å². The summed E-state index contributed by atoms with van der Waals surface area (Å²) < 4.78 is 48.5. The fourth-order valence-electron chi connectivity index (χ4n) is 4.54. The Balaban J connectivity index is 1.35. The number of ether oxygens (including phenoxy) is 1. The van der Waals surface area contributed by atoms with Crippen molar-refractivity contribution in [1.82, 2.24) is 34.6 Å². The van der Waals surface area contributed by atoms with Crippen molar-refractivity contribution in [2.75, 3.05) is 11.9 Å². The third-order valence-corrected chi connectivity index (χ3v) is 6.26. The molecule has 0 unspecified atom stereocenters. The van der Waals surface area contributed by atoms with Crippen molar-refractivity contribution in [3.05, 3.63) is 58.9 Å². The first-order chi connectivity index (χ1) is 16.2. The molecule has 1 N–H and O–H groups in total. The molecule has 0 radical (unpaired) electrons. The Labute approximate surface area is 193 Å². The van der Waals surface area contributed by atoms with Crippen LogP contribution >= 0.6 is 11.6 Å². The van der Waals surface area contributed by atoms with Gasteiger partial charge in [0.1, 0.15) is 11.2 Å². The highest BCUT2D eigenvalue weighted by Gasteiger charge is 2.53. The van der Waals surface area contributed by atoms with Crippen LogP contribution in [-0.4, -0.2) is 47.1 Å². The van der Waals surface area contributed by atoms with Gasteiger partial charge in [0, 0.05) is 24.2 Å². The SMILES string of the molecule is O=C(Nc1cnc(-n2nccn2)c(C(F)(F)F)c1)[C@H]1C[C@]2(CCO2)c2c1cnc1cc(Cl)nn21. The lowest BCUT2D eigenvalue weighted by Crippen LogP contribution is -2.40. The van der Waals surface area contributed by atoms with Crippen LogP contribution in [0, 0.1) is 0 Å². The van der Waals surface area contributed by atoms with E-state index in [0.29, 0.717) is 36.4 Å². The lowest BCUT2D eigenvalue weighted by Gasteiger charge is -2.39. The third-order valence-electron chi connectivity index (χ3n) is 6.07. The van der Waals surface area contributed by atoms with Crippen molar-refractivity contribution in [2.24, 2.45) is 0 Å². The minimum absolute atomic E-state index is 0.110. The number of aromatic nitrogens is 7. The molecule has 1 saturated heterocycles. The normalized spacial score (nSPS) is 21.6. The molecule has 0 bridgehead atoms. The van der Waals surface area contributed by atoms with Crippen LogP contribution in [0.1, 0.15) is 35.6 Å². The molecule has 2 atom stereocenters. The molecule has 1 aliphatic carbocycles. The van der Waals surface area contributed by atoms with Crippen molar-refractivity contribution >= 4 is 28.8 Å². The zero-order valence-corrected chi connectivity index (χ0v) is 17.9. The number of rotatable bonds is 3. The molecule has 1 amide bonds. The molecule has 0 saturated carbocycles. The summed E-state index contributed by atoms with van der Waals surface area (Å²) in [6.45, 7) is 0.522. The Bertz CT molecular complexity index is 1430. The highest BCUT2D eigenvalue weighted by molar-refractivity contribution is 6.29. The van der Waals surface area contributed by atoms with E-state index in [0.717, 1.165) is 17.1 Å². The smallest absolute Gasteiger partial charge is 0.368 e. The monoisotopic (exact) mass is 490 g/mol. The quantitative estimate of drug-likeness (QED) is 0.469. The first-order valence-electron chi connectivity index (χ1n) is 10.2. The van der Waals surface area contributed by atoms with Crippen LogP contribution < -0.4 is 5.32 Å². The predicted molar refractivity (Wildman–Crippen MR) is 110 cm³/mol. The first-order valence-corrected chi connectivity index (χ1v) is 10.6. The summed E-state index contributed by atoms with van der Waals surface area (Å²) in [5.74, 6) is -1.71. The second kappa shape index (κ2) is 7.21. The fourth-order valence-corrected chi connectivity index (χ4v) is 4.72. The Kier molecular flexibility index (Phi) is 4.45. The molecular weight excluding hydrogens is 477 g/mol. The van der Waals surface area contributed by atoms with Gasteiger partial charge in [0.15, 0.2) is 16.6 Å². The molecule has 14 heteroatoms. The molecule has 174 valence electrons. The van der Waals surface area contributed by atoms with E-state index < -0.39 is 35.0 Å². The van der Waals surface area contributed by atoms with Crippen LogP contribution in [-0.2, 0) is 21.3 Å². The van der Waals surface area contributed by atoms with E-state index >= 15 is 0 Å². The van der Waals surface area contributed by atoms with Gasteiger partial charge >= 0.3 is 6.18 Å². The maximum Gasteiger partial charge on any atom is 0.420 e. The van der Waals surface area contributed by atoms with Crippen LogP contribution in [0.5, 0.6) is 0 Å². The number of fused-ring (bicyclic) bond motifs is 4. The second-order valence-electron chi connectivity index (χ2n) is 8.05. The van der Waals surface area contributed by atoms with Crippen molar-refractivity contribution in [2.45, 2.75) is 30.5 Å². The second-order valence-corrected chi connectivity index (χ2v) is 8.44. The van der Waals surface area contributed by atoms with Gasteiger partial charge < -0.3 is 10.1 Å². The number of alkyl halides is 3. The Morgan fingerprint density at radius 2 is 1.97 bits per heavy atom. The zero-order chi connectivity index (χ0) is 23.7. The third kappa shape index (κ3) is 3.15. The number of hydrogen-bond donors (Lipinski definition) is 1. The summed E-state index contributed by atoms with van der Waals surface area (Å²) >= 11 is 6.05. The van der Waals surface area contributed by atoms with E-state index in [1.54, 1.807) is 16.8 Å². The Morgan fingerprint density at radius 1 is 1.21 bits per heavy atom. The maximum absolute atomic E-state index is 13.7. The van der Waals surface area contributed by atoms with Crippen LogP contribution in [0.25, 0.3) is 11.5 Å². The van der Waals surface area contributed by atoms with E-state index in [4.69, 9.17) is 16.3 Å². The molecule has 1 spiro atoms. The lowest BCUT2D eigenvalue weighted by atomic mass is 9.90. The van der Waals surface area contributed by atoms with Gasteiger partial charge in [-0.1, -0.05) is 11.6 Å². The average Bonchev–Trinajstić information content (AvgIpc) is 3.48. The molecule has 6 rings (SSSR count).